The molecule has 0 N–H and O–H groups in total. The van der Waals surface area contributed by atoms with E-state index < -0.39 is 0 Å². The summed E-state index contributed by atoms with van der Waals surface area (Å²) in [7, 11) is 8.42. The molecule has 0 aromatic heterocycles. The lowest BCUT2D eigenvalue weighted by atomic mass is 9.77. The van der Waals surface area contributed by atoms with Crippen LogP contribution in [0.1, 0.15) is 26.3 Å². The lowest BCUT2D eigenvalue weighted by molar-refractivity contribution is 0.384. The molecule has 160 valence electrons. The van der Waals surface area contributed by atoms with Crippen molar-refractivity contribution in [2.45, 2.75) is 20.8 Å². The van der Waals surface area contributed by atoms with Gasteiger partial charge in [-0.1, -0.05) is 57.2 Å². The highest BCUT2D eigenvalue weighted by molar-refractivity contribution is 7.21. The van der Waals surface area contributed by atoms with Gasteiger partial charge in [0.15, 0.2) is 0 Å². The van der Waals surface area contributed by atoms with Gasteiger partial charge in [-0.05, 0) is 35.3 Å². The molecule has 3 aliphatic rings. The number of allylic oxidation sites excluding steroid dienone is 6. The molecular weight excluding hydrogens is 396 g/mol. The molecule has 4 rings (SSSR count). The summed E-state index contributed by atoms with van der Waals surface area (Å²) in [6.45, 7) is 6.95. The van der Waals surface area contributed by atoms with Crippen LogP contribution < -0.4 is 14.8 Å². The van der Waals surface area contributed by atoms with E-state index in [-0.39, 0.29) is 5.41 Å². The molecule has 2 aliphatic carbocycles. The number of hydrogen-bond acceptors (Lipinski definition) is 2. The minimum Gasteiger partial charge on any atom is -0.378 e. The zero-order valence-electron chi connectivity index (χ0n) is 19.7. The molecule has 0 amide bonds. The lowest BCUT2D eigenvalue weighted by Crippen LogP contribution is -2.21. The Morgan fingerprint density at radius 1 is 1.00 bits per heavy atom. The van der Waals surface area contributed by atoms with Crippen molar-refractivity contribution in [3.8, 4) is 10.4 Å². The molecular formula is C28H33N2S+. The first-order valence-electron chi connectivity index (χ1n) is 11.0. The standard InChI is InChI=1S/C28H33N2S/c1-19(2)28(3)15-9-8-10-20(18-28)27-23-13-11-21(29(4)5)16-25(23)31-26-17-22(30(6)7)12-14-24(26)27/h8-19H,1-7H3/q+1. The highest BCUT2D eigenvalue weighted by Gasteiger charge is 2.26. The Bertz CT molecular complexity index is 1270. The summed E-state index contributed by atoms with van der Waals surface area (Å²) in [6, 6.07) is 13.7. The average Bonchev–Trinajstić information content (AvgIpc) is 2.93. The van der Waals surface area contributed by atoms with Crippen molar-refractivity contribution in [3.05, 3.63) is 77.7 Å². The number of rotatable bonds is 3. The van der Waals surface area contributed by atoms with Crippen molar-refractivity contribution in [2.75, 3.05) is 33.1 Å². The second kappa shape index (κ2) is 8.12. The first-order valence-corrected chi connectivity index (χ1v) is 11.8. The van der Waals surface area contributed by atoms with Crippen LogP contribution in [0, 0.1) is 11.3 Å². The second-order valence-electron chi connectivity index (χ2n) is 9.47. The molecule has 0 saturated heterocycles. The summed E-state index contributed by atoms with van der Waals surface area (Å²) < 4.78 is 3.50. The summed E-state index contributed by atoms with van der Waals surface area (Å²) in [5.74, 6) is 0.517. The first kappa shape index (κ1) is 21.6. The van der Waals surface area contributed by atoms with Gasteiger partial charge in [0.25, 0.3) is 0 Å². The molecule has 0 bridgehead atoms. The van der Waals surface area contributed by atoms with Gasteiger partial charge in [0.2, 0.25) is 5.36 Å². The van der Waals surface area contributed by atoms with Crippen LogP contribution in [-0.4, -0.2) is 28.2 Å². The van der Waals surface area contributed by atoms with Crippen molar-refractivity contribution in [1.29, 1.82) is 0 Å². The highest BCUT2D eigenvalue weighted by Crippen LogP contribution is 2.44. The van der Waals surface area contributed by atoms with Crippen LogP contribution in [0.4, 0.5) is 5.69 Å². The van der Waals surface area contributed by atoms with Gasteiger partial charge in [0, 0.05) is 57.9 Å². The van der Waals surface area contributed by atoms with Crippen LogP contribution in [0.3, 0.4) is 0 Å². The van der Waals surface area contributed by atoms with E-state index in [9.17, 15) is 0 Å². The van der Waals surface area contributed by atoms with Gasteiger partial charge in [-0.2, -0.15) is 0 Å². The smallest absolute Gasteiger partial charge is 0.200 e. The van der Waals surface area contributed by atoms with Crippen molar-refractivity contribution < 1.29 is 0 Å². The number of fused-ring (bicyclic) bond motifs is 2. The fourth-order valence-corrected chi connectivity index (χ4v) is 5.26. The third-order valence-corrected chi connectivity index (χ3v) is 7.68. The van der Waals surface area contributed by atoms with Crippen molar-refractivity contribution in [3.63, 3.8) is 0 Å². The Balaban J connectivity index is 2.11. The van der Waals surface area contributed by atoms with Gasteiger partial charge < -0.3 is 4.90 Å². The van der Waals surface area contributed by atoms with Crippen molar-refractivity contribution in [2.24, 2.45) is 11.3 Å². The van der Waals surface area contributed by atoms with Gasteiger partial charge in [-0.25, -0.2) is 4.58 Å². The van der Waals surface area contributed by atoms with E-state index in [4.69, 9.17) is 0 Å². The van der Waals surface area contributed by atoms with E-state index >= 15 is 0 Å². The van der Waals surface area contributed by atoms with Crippen molar-refractivity contribution >= 4 is 32.7 Å². The van der Waals surface area contributed by atoms with Crippen LogP contribution in [0.2, 0.25) is 0 Å². The number of anilines is 1. The minimum atomic E-state index is 0.0178. The maximum atomic E-state index is 2.47. The van der Waals surface area contributed by atoms with E-state index in [1.54, 1.807) is 0 Å². The maximum Gasteiger partial charge on any atom is 0.200 e. The van der Waals surface area contributed by atoms with Gasteiger partial charge in [0.05, 0.1) is 0 Å². The lowest BCUT2D eigenvalue weighted by Gasteiger charge is -2.28. The van der Waals surface area contributed by atoms with Gasteiger partial charge in [-0.3, -0.25) is 0 Å². The van der Waals surface area contributed by atoms with Crippen LogP contribution in [-0.2, 0) is 0 Å². The van der Waals surface area contributed by atoms with E-state index in [0.717, 1.165) is 0 Å². The largest absolute Gasteiger partial charge is 0.378 e. The molecule has 1 aromatic carbocycles. The Labute approximate surface area is 190 Å². The van der Waals surface area contributed by atoms with E-state index in [0.29, 0.717) is 5.92 Å². The highest BCUT2D eigenvalue weighted by atomic mass is 32.1. The number of hydrogen-bond donors (Lipinski definition) is 0. The van der Waals surface area contributed by atoms with Gasteiger partial charge >= 0.3 is 0 Å². The molecule has 1 atom stereocenters. The molecule has 1 heterocycles. The molecule has 2 nitrogen and oxygen atoms in total. The van der Waals surface area contributed by atoms with Crippen molar-refractivity contribution in [1.82, 2.24) is 4.58 Å². The Kier molecular flexibility index (Phi) is 5.65. The predicted octanol–water partition coefficient (Wildman–Crippen LogP) is 6.28. The zero-order chi connectivity index (χ0) is 22.3. The molecule has 1 unspecified atom stereocenters. The molecule has 3 heteroatoms. The molecule has 0 fully saturated rings. The maximum absolute atomic E-state index is 2.47. The van der Waals surface area contributed by atoms with Gasteiger partial charge in [-0.15, -0.1) is 11.3 Å². The summed E-state index contributed by atoms with van der Waals surface area (Å²) in [6.07, 6.45) is 11.5. The second-order valence-corrected chi connectivity index (χ2v) is 10.5. The molecule has 0 spiro atoms. The van der Waals surface area contributed by atoms with Crippen LogP contribution >= 0.6 is 11.3 Å². The Morgan fingerprint density at radius 3 is 2.45 bits per heavy atom. The predicted molar refractivity (Wildman–Crippen MR) is 139 cm³/mol. The molecule has 1 aliphatic heterocycles. The monoisotopic (exact) mass is 429 g/mol. The Hall–Kier alpha value is -2.65. The summed E-state index contributed by atoms with van der Waals surface area (Å²) in [4.78, 5) is 3.50. The quantitative estimate of drug-likeness (QED) is 0.351. The summed E-state index contributed by atoms with van der Waals surface area (Å²) >= 11 is 1.88. The SMILES string of the molecule is CC(C)C1(C)C=CC=CC(c2c3ccc(=[N+](C)C)cc-3sc3cc(N(C)C)ccc23)=C1. The fraction of sp³-hybridized carbons (Fsp3) is 0.321. The van der Waals surface area contributed by atoms with Crippen LogP contribution in [0.25, 0.3) is 26.1 Å². The van der Waals surface area contributed by atoms with E-state index in [1.807, 2.05) is 11.3 Å². The van der Waals surface area contributed by atoms with Gasteiger partial charge in [0.1, 0.15) is 14.1 Å². The number of benzene rings is 2. The van der Waals surface area contributed by atoms with E-state index in [2.05, 4.69) is 125 Å². The fourth-order valence-electron chi connectivity index (χ4n) is 4.10. The molecule has 31 heavy (non-hydrogen) atoms. The van der Waals surface area contributed by atoms with Crippen LogP contribution in [0.15, 0.2) is 66.8 Å². The van der Waals surface area contributed by atoms with Crippen LogP contribution in [0.5, 0.6) is 0 Å². The molecule has 0 saturated carbocycles. The van der Waals surface area contributed by atoms with E-state index in [1.165, 1.54) is 42.7 Å². The summed E-state index contributed by atoms with van der Waals surface area (Å²) in [5.41, 5.74) is 5.22. The zero-order valence-corrected chi connectivity index (χ0v) is 20.5. The third kappa shape index (κ3) is 3.99. The first-order chi connectivity index (χ1) is 14.7. The average molecular weight is 430 g/mol. The minimum absolute atomic E-state index is 0.0178. The topological polar surface area (TPSA) is 6.25 Å². The number of nitrogens with zero attached hydrogens (tertiary/aromatic N) is 2. The molecule has 0 radical (unpaired) electrons. The third-order valence-electron chi connectivity index (χ3n) is 6.56. The molecule has 1 aromatic rings. The Morgan fingerprint density at radius 2 is 1.77 bits per heavy atom. The summed E-state index contributed by atoms with van der Waals surface area (Å²) in [5, 5.41) is 2.56. The normalized spacial score (nSPS) is 18.5.